The maximum atomic E-state index is 12.1. The Labute approximate surface area is 146 Å². The van der Waals surface area contributed by atoms with Gasteiger partial charge in [0.15, 0.2) is 0 Å². The largest absolute Gasteiger partial charge is 0.497 e. The zero-order valence-corrected chi connectivity index (χ0v) is 14.3. The van der Waals surface area contributed by atoms with E-state index in [0.29, 0.717) is 6.54 Å². The van der Waals surface area contributed by atoms with Crippen molar-refractivity contribution in [1.82, 2.24) is 10.6 Å². The Kier molecular flexibility index (Phi) is 6.39. The molecule has 0 aliphatic heterocycles. The maximum Gasteiger partial charge on any atom is 0.335 e. The van der Waals surface area contributed by atoms with Crippen LogP contribution in [0.1, 0.15) is 40.9 Å². The average Bonchev–Trinajstić information content (AvgIpc) is 2.65. The quantitative estimate of drug-likeness (QED) is 0.720. The smallest absolute Gasteiger partial charge is 0.335 e. The minimum absolute atomic E-state index is 0.0970. The Balaban J connectivity index is 1.89. The first kappa shape index (κ1) is 18.3. The molecule has 0 saturated heterocycles. The van der Waals surface area contributed by atoms with Crippen molar-refractivity contribution in [3.05, 3.63) is 65.2 Å². The molecular weight excluding hydrogens is 320 g/mol. The van der Waals surface area contributed by atoms with E-state index in [-0.39, 0.29) is 17.6 Å². The van der Waals surface area contributed by atoms with Gasteiger partial charge < -0.3 is 20.5 Å². The van der Waals surface area contributed by atoms with Crippen LogP contribution in [0, 0.1) is 0 Å². The molecule has 0 bridgehead atoms. The zero-order valence-electron chi connectivity index (χ0n) is 14.3. The van der Waals surface area contributed by atoms with Gasteiger partial charge >= 0.3 is 12.0 Å². The molecule has 2 rings (SSSR count). The van der Waals surface area contributed by atoms with Gasteiger partial charge in [-0.15, -0.1) is 0 Å². The van der Waals surface area contributed by atoms with Gasteiger partial charge in [-0.25, -0.2) is 9.59 Å². The van der Waals surface area contributed by atoms with Gasteiger partial charge in [0.1, 0.15) is 5.75 Å². The van der Waals surface area contributed by atoms with Crippen LogP contribution in [0.25, 0.3) is 0 Å². The number of carboxylic acids is 1. The lowest BCUT2D eigenvalue weighted by atomic mass is 10.0. The summed E-state index contributed by atoms with van der Waals surface area (Å²) in [6, 6.07) is 13.6. The Morgan fingerprint density at radius 3 is 2.24 bits per heavy atom. The first-order valence-corrected chi connectivity index (χ1v) is 8.04. The fourth-order valence-electron chi connectivity index (χ4n) is 2.41. The van der Waals surface area contributed by atoms with E-state index in [1.165, 1.54) is 12.1 Å². The van der Waals surface area contributed by atoms with Crippen molar-refractivity contribution in [2.24, 2.45) is 0 Å². The monoisotopic (exact) mass is 342 g/mol. The molecule has 0 aliphatic carbocycles. The summed E-state index contributed by atoms with van der Waals surface area (Å²) >= 11 is 0. The number of benzene rings is 2. The number of methoxy groups -OCH3 is 1. The molecule has 2 aromatic rings. The number of hydrogen-bond donors (Lipinski definition) is 3. The number of urea groups is 1. The van der Waals surface area contributed by atoms with Gasteiger partial charge in [-0.05, 0) is 41.8 Å². The molecule has 3 N–H and O–H groups in total. The molecule has 2 aromatic carbocycles. The SMILES string of the molecule is CCC(NC(=O)NCc1ccc(C(=O)O)cc1)c1ccc(OC)cc1. The number of carboxylic acid groups (broad SMARTS) is 1. The molecule has 0 radical (unpaired) electrons. The molecular formula is C19H22N2O4. The number of hydrogen-bond acceptors (Lipinski definition) is 3. The third-order valence-corrected chi connectivity index (χ3v) is 3.89. The summed E-state index contributed by atoms with van der Waals surface area (Å²) in [6.45, 7) is 2.32. The van der Waals surface area contributed by atoms with Crippen LogP contribution in [0.3, 0.4) is 0 Å². The molecule has 0 fully saturated rings. The standard InChI is InChI=1S/C19H22N2O4/c1-3-17(14-8-10-16(25-2)11-9-14)21-19(24)20-12-13-4-6-15(7-5-13)18(22)23/h4-11,17H,3,12H2,1-2H3,(H,22,23)(H2,20,21,24). The first-order valence-electron chi connectivity index (χ1n) is 8.04. The lowest BCUT2D eigenvalue weighted by molar-refractivity contribution is 0.0697. The summed E-state index contributed by atoms with van der Waals surface area (Å²) in [6.07, 6.45) is 0.757. The van der Waals surface area contributed by atoms with Gasteiger partial charge in [-0.2, -0.15) is 0 Å². The molecule has 0 heterocycles. The molecule has 0 saturated carbocycles. The third-order valence-electron chi connectivity index (χ3n) is 3.89. The Hall–Kier alpha value is -3.02. The lowest BCUT2D eigenvalue weighted by Gasteiger charge is -2.18. The van der Waals surface area contributed by atoms with Crippen LogP contribution in [0.5, 0.6) is 5.75 Å². The summed E-state index contributed by atoms with van der Waals surface area (Å²) in [5, 5.41) is 14.6. The predicted octanol–water partition coefficient (Wildman–Crippen LogP) is 3.34. The fourth-order valence-corrected chi connectivity index (χ4v) is 2.41. The lowest BCUT2D eigenvalue weighted by Crippen LogP contribution is -2.37. The molecule has 1 atom stereocenters. The van der Waals surface area contributed by atoms with Gasteiger partial charge in [0.05, 0.1) is 18.7 Å². The Morgan fingerprint density at radius 2 is 1.72 bits per heavy atom. The topological polar surface area (TPSA) is 87.7 Å². The van der Waals surface area contributed by atoms with Gasteiger partial charge in [0.2, 0.25) is 0 Å². The van der Waals surface area contributed by atoms with E-state index >= 15 is 0 Å². The Morgan fingerprint density at radius 1 is 1.08 bits per heavy atom. The van der Waals surface area contributed by atoms with Gasteiger partial charge in [0.25, 0.3) is 0 Å². The van der Waals surface area contributed by atoms with Crippen molar-refractivity contribution in [3.8, 4) is 5.75 Å². The molecule has 2 amide bonds. The van der Waals surface area contributed by atoms with Crippen LogP contribution in [-0.4, -0.2) is 24.2 Å². The van der Waals surface area contributed by atoms with Crippen molar-refractivity contribution in [2.45, 2.75) is 25.9 Å². The molecule has 0 aromatic heterocycles. The normalized spacial score (nSPS) is 11.4. The molecule has 1 unspecified atom stereocenters. The van der Waals surface area contributed by atoms with Crippen molar-refractivity contribution >= 4 is 12.0 Å². The van der Waals surface area contributed by atoms with Crippen molar-refractivity contribution in [2.75, 3.05) is 7.11 Å². The number of carbonyl (C=O) groups excluding carboxylic acids is 1. The second-order valence-corrected chi connectivity index (χ2v) is 5.56. The zero-order chi connectivity index (χ0) is 18.2. The highest BCUT2D eigenvalue weighted by Gasteiger charge is 2.12. The molecule has 6 nitrogen and oxygen atoms in total. The minimum Gasteiger partial charge on any atom is -0.497 e. The van der Waals surface area contributed by atoms with E-state index < -0.39 is 5.97 Å². The van der Waals surface area contributed by atoms with E-state index in [1.54, 1.807) is 19.2 Å². The van der Waals surface area contributed by atoms with Gasteiger partial charge in [-0.3, -0.25) is 0 Å². The van der Waals surface area contributed by atoms with E-state index in [2.05, 4.69) is 10.6 Å². The Bertz CT molecular complexity index is 711. The average molecular weight is 342 g/mol. The first-order chi connectivity index (χ1) is 12.0. The fraction of sp³-hybridized carbons (Fsp3) is 0.263. The number of aromatic carboxylic acids is 1. The number of amides is 2. The highest BCUT2D eigenvalue weighted by Crippen LogP contribution is 2.19. The third kappa shape index (κ3) is 5.24. The van der Waals surface area contributed by atoms with E-state index in [1.807, 2.05) is 31.2 Å². The second kappa shape index (κ2) is 8.73. The number of rotatable bonds is 7. The van der Waals surface area contributed by atoms with Crippen LogP contribution in [0.4, 0.5) is 4.79 Å². The van der Waals surface area contributed by atoms with Crippen LogP contribution in [0.2, 0.25) is 0 Å². The highest BCUT2D eigenvalue weighted by atomic mass is 16.5. The highest BCUT2D eigenvalue weighted by molar-refractivity contribution is 5.87. The number of nitrogens with one attached hydrogen (secondary N) is 2. The van der Waals surface area contributed by atoms with Gasteiger partial charge in [-0.1, -0.05) is 31.2 Å². The van der Waals surface area contributed by atoms with E-state index in [0.717, 1.165) is 23.3 Å². The van der Waals surface area contributed by atoms with Crippen molar-refractivity contribution in [1.29, 1.82) is 0 Å². The van der Waals surface area contributed by atoms with Crippen LogP contribution < -0.4 is 15.4 Å². The molecule has 132 valence electrons. The summed E-state index contributed by atoms with van der Waals surface area (Å²) in [5.41, 5.74) is 2.06. The van der Waals surface area contributed by atoms with Crippen LogP contribution in [0.15, 0.2) is 48.5 Å². The van der Waals surface area contributed by atoms with Crippen molar-refractivity contribution in [3.63, 3.8) is 0 Å². The van der Waals surface area contributed by atoms with E-state index in [4.69, 9.17) is 9.84 Å². The summed E-state index contributed by atoms with van der Waals surface area (Å²) in [7, 11) is 1.61. The van der Waals surface area contributed by atoms with Crippen LogP contribution in [-0.2, 0) is 6.54 Å². The van der Waals surface area contributed by atoms with E-state index in [9.17, 15) is 9.59 Å². The maximum absolute atomic E-state index is 12.1. The second-order valence-electron chi connectivity index (χ2n) is 5.56. The minimum atomic E-state index is -0.970. The number of ether oxygens (including phenoxy) is 1. The molecule has 0 aliphatic rings. The van der Waals surface area contributed by atoms with Gasteiger partial charge in [0, 0.05) is 6.54 Å². The number of carbonyl (C=O) groups is 2. The summed E-state index contributed by atoms with van der Waals surface area (Å²) in [4.78, 5) is 22.9. The molecule has 6 heteroatoms. The predicted molar refractivity (Wildman–Crippen MR) is 94.8 cm³/mol. The molecule has 0 spiro atoms. The van der Waals surface area contributed by atoms with Crippen molar-refractivity contribution < 1.29 is 19.4 Å². The molecule has 25 heavy (non-hydrogen) atoms. The van der Waals surface area contributed by atoms with Crippen LogP contribution >= 0.6 is 0 Å². The summed E-state index contributed by atoms with van der Waals surface area (Å²) in [5.74, 6) is -0.199. The summed E-state index contributed by atoms with van der Waals surface area (Å²) < 4.78 is 5.14.